The highest BCUT2D eigenvalue weighted by Crippen LogP contribution is 2.13. The first-order valence-electron chi connectivity index (χ1n) is 5.15. The summed E-state index contributed by atoms with van der Waals surface area (Å²) in [6, 6.07) is 6.77. The quantitative estimate of drug-likeness (QED) is 0.625. The second kappa shape index (κ2) is 6.32. The molecule has 0 fully saturated rings. The second-order valence-corrected chi connectivity index (χ2v) is 3.36. The van der Waals surface area contributed by atoms with Gasteiger partial charge in [-0.2, -0.15) is 0 Å². The minimum Gasteiger partial charge on any atom is -0.376 e. The van der Waals surface area contributed by atoms with Gasteiger partial charge in [-0.25, -0.2) is 0 Å². The lowest BCUT2D eigenvalue weighted by atomic mass is 10.1. The highest BCUT2D eigenvalue weighted by molar-refractivity contribution is 5.98. The normalized spacial score (nSPS) is 9.41. The minimum atomic E-state index is -0.528. The number of rotatable bonds is 6. The molecular weight excluding hydrogens is 218 g/mol. The molecule has 4 N–H and O–H groups in total. The molecule has 1 aromatic carbocycles. The Bertz CT molecular complexity index is 430. The maximum Gasteiger partial charge on any atom is 0.250 e. The Morgan fingerprint density at radius 1 is 1.35 bits per heavy atom. The molecule has 1 rings (SSSR count). The fourth-order valence-corrected chi connectivity index (χ4v) is 1.28. The third-order valence-corrected chi connectivity index (χ3v) is 2.08. The van der Waals surface area contributed by atoms with E-state index in [2.05, 4.69) is 17.2 Å². The first kappa shape index (κ1) is 12.8. The molecular formula is C12H15N3O2. The molecule has 0 saturated heterocycles. The van der Waals surface area contributed by atoms with Crippen molar-refractivity contribution in [1.82, 2.24) is 5.32 Å². The molecule has 0 unspecified atom stereocenters. The van der Waals surface area contributed by atoms with Crippen LogP contribution in [0.25, 0.3) is 0 Å². The van der Waals surface area contributed by atoms with Crippen molar-refractivity contribution in [3.05, 3.63) is 42.5 Å². The molecule has 17 heavy (non-hydrogen) atoms. The van der Waals surface area contributed by atoms with Crippen LogP contribution in [0.15, 0.2) is 36.9 Å². The zero-order chi connectivity index (χ0) is 12.7. The van der Waals surface area contributed by atoms with Crippen molar-refractivity contribution in [2.75, 3.05) is 18.4 Å². The minimum absolute atomic E-state index is 0.0815. The largest absolute Gasteiger partial charge is 0.376 e. The highest BCUT2D eigenvalue weighted by Gasteiger charge is 2.07. The Kier molecular flexibility index (Phi) is 4.75. The fourth-order valence-electron chi connectivity index (χ4n) is 1.28. The molecule has 0 spiro atoms. The summed E-state index contributed by atoms with van der Waals surface area (Å²) in [5.41, 5.74) is 6.12. The summed E-state index contributed by atoms with van der Waals surface area (Å²) in [6.07, 6.45) is 1.59. The van der Waals surface area contributed by atoms with Crippen LogP contribution in [-0.2, 0) is 4.79 Å². The lowest BCUT2D eigenvalue weighted by Crippen LogP contribution is -2.30. The Morgan fingerprint density at radius 2 is 2.06 bits per heavy atom. The van der Waals surface area contributed by atoms with E-state index in [9.17, 15) is 9.59 Å². The van der Waals surface area contributed by atoms with Gasteiger partial charge in [-0.3, -0.25) is 9.59 Å². The van der Waals surface area contributed by atoms with Gasteiger partial charge in [-0.15, -0.1) is 6.58 Å². The summed E-state index contributed by atoms with van der Waals surface area (Å²) in [7, 11) is 0. The standard InChI is InChI=1S/C12H15N3O2/c1-2-7-14-11(16)8-15-10-6-4-3-5-9(10)12(13)17/h2-6,15H,1,7-8H2,(H2,13,17)(H,14,16). The van der Waals surface area contributed by atoms with Crippen molar-refractivity contribution in [3.63, 3.8) is 0 Å². The van der Waals surface area contributed by atoms with E-state index in [1.54, 1.807) is 30.3 Å². The molecule has 0 saturated carbocycles. The maximum atomic E-state index is 11.3. The van der Waals surface area contributed by atoms with Gasteiger partial charge in [-0.1, -0.05) is 18.2 Å². The van der Waals surface area contributed by atoms with Gasteiger partial charge >= 0.3 is 0 Å². The zero-order valence-electron chi connectivity index (χ0n) is 9.40. The van der Waals surface area contributed by atoms with Crippen LogP contribution in [0.4, 0.5) is 5.69 Å². The summed E-state index contributed by atoms with van der Waals surface area (Å²) in [5, 5.41) is 5.47. The zero-order valence-corrected chi connectivity index (χ0v) is 9.40. The summed E-state index contributed by atoms with van der Waals surface area (Å²) < 4.78 is 0. The number of anilines is 1. The molecule has 0 aromatic heterocycles. The van der Waals surface area contributed by atoms with E-state index in [1.807, 2.05) is 0 Å². The Morgan fingerprint density at radius 3 is 2.71 bits per heavy atom. The lowest BCUT2D eigenvalue weighted by Gasteiger charge is -2.09. The lowest BCUT2D eigenvalue weighted by molar-refractivity contribution is -0.119. The molecule has 2 amide bonds. The predicted molar refractivity (Wildman–Crippen MR) is 66.7 cm³/mol. The van der Waals surface area contributed by atoms with Gasteiger partial charge in [0.1, 0.15) is 0 Å². The number of carbonyl (C=O) groups is 2. The highest BCUT2D eigenvalue weighted by atomic mass is 16.2. The summed E-state index contributed by atoms with van der Waals surface area (Å²) in [6.45, 7) is 3.99. The van der Waals surface area contributed by atoms with Gasteiger partial charge in [-0.05, 0) is 12.1 Å². The number of hydrogen-bond donors (Lipinski definition) is 3. The van der Waals surface area contributed by atoms with E-state index in [0.29, 0.717) is 17.8 Å². The van der Waals surface area contributed by atoms with Crippen LogP contribution in [0.3, 0.4) is 0 Å². The number of carbonyl (C=O) groups excluding carboxylic acids is 2. The van der Waals surface area contributed by atoms with Crippen molar-refractivity contribution < 1.29 is 9.59 Å². The topological polar surface area (TPSA) is 84.2 Å². The van der Waals surface area contributed by atoms with Crippen molar-refractivity contribution in [2.24, 2.45) is 5.73 Å². The molecule has 5 nitrogen and oxygen atoms in total. The van der Waals surface area contributed by atoms with Crippen LogP contribution >= 0.6 is 0 Å². The number of nitrogens with one attached hydrogen (secondary N) is 2. The summed E-state index contributed by atoms with van der Waals surface area (Å²) >= 11 is 0. The molecule has 1 aromatic rings. The predicted octanol–water partition coefficient (Wildman–Crippen LogP) is 0.500. The fraction of sp³-hybridized carbons (Fsp3) is 0.167. The average Bonchev–Trinajstić information content (AvgIpc) is 2.34. The number of amides is 2. The maximum absolute atomic E-state index is 11.3. The van der Waals surface area contributed by atoms with Crippen molar-refractivity contribution in [2.45, 2.75) is 0 Å². The number of para-hydroxylation sites is 1. The number of hydrogen-bond acceptors (Lipinski definition) is 3. The van der Waals surface area contributed by atoms with E-state index in [1.165, 1.54) is 0 Å². The monoisotopic (exact) mass is 233 g/mol. The van der Waals surface area contributed by atoms with Crippen LogP contribution in [0, 0.1) is 0 Å². The van der Waals surface area contributed by atoms with Gasteiger partial charge < -0.3 is 16.4 Å². The van der Waals surface area contributed by atoms with E-state index in [4.69, 9.17) is 5.73 Å². The van der Waals surface area contributed by atoms with Gasteiger partial charge in [0.25, 0.3) is 5.91 Å². The summed E-state index contributed by atoms with van der Waals surface area (Å²) in [5.74, 6) is -0.705. The molecule has 0 aliphatic rings. The third-order valence-electron chi connectivity index (χ3n) is 2.08. The van der Waals surface area contributed by atoms with Crippen molar-refractivity contribution >= 4 is 17.5 Å². The molecule has 5 heteroatoms. The van der Waals surface area contributed by atoms with Crippen LogP contribution in [0.2, 0.25) is 0 Å². The SMILES string of the molecule is C=CCNC(=O)CNc1ccccc1C(N)=O. The van der Waals surface area contributed by atoms with Gasteiger partial charge in [0.15, 0.2) is 0 Å². The summed E-state index contributed by atoms with van der Waals surface area (Å²) in [4.78, 5) is 22.4. The molecule has 0 aliphatic heterocycles. The van der Waals surface area contributed by atoms with Crippen molar-refractivity contribution in [1.29, 1.82) is 0 Å². The first-order chi connectivity index (χ1) is 8.15. The second-order valence-electron chi connectivity index (χ2n) is 3.36. The Balaban J connectivity index is 2.60. The smallest absolute Gasteiger partial charge is 0.250 e. The Labute approximate surface area is 99.7 Å². The molecule has 90 valence electrons. The van der Waals surface area contributed by atoms with Gasteiger partial charge in [0.05, 0.1) is 12.1 Å². The molecule has 0 bridgehead atoms. The number of benzene rings is 1. The van der Waals surface area contributed by atoms with E-state index in [0.717, 1.165) is 0 Å². The van der Waals surface area contributed by atoms with Crippen LogP contribution in [0.1, 0.15) is 10.4 Å². The Hall–Kier alpha value is -2.30. The van der Waals surface area contributed by atoms with Gasteiger partial charge in [0.2, 0.25) is 5.91 Å². The van der Waals surface area contributed by atoms with Crippen LogP contribution < -0.4 is 16.4 Å². The molecule has 0 heterocycles. The van der Waals surface area contributed by atoms with Crippen LogP contribution in [-0.4, -0.2) is 24.9 Å². The molecule has 0 radical (unpaired) electrons. The molecule has 0 aliphatic carbocycles. The average molecular weight is 233 g/mol. The van der Waals surface area contributed by atoms with Crippen molar-refractivity contribution in [3.8, 4) is 0 Å². The van der Waals surface area contributed by atoms with E-state index >= 15 is 0 Å². The first-order valence-corrected chi connectivity index (χ1v) is 5.15. The van der Waals surface area contributed by atoms with E-state index < -0.39 is 5.91 Å². The third kappa shape index (κ3) is 3.98. The van der Waals surface area contributed by atoms with Crippen LogP contribution in [0.5, 0.6) is 0 Å². The van der Waals surface area contributed by atoms with E-state index in [-0.39, 0.29) is 12.5 Å². The number of primary amides is 1. The number of nitrogens with two attached hydrogens (primary N) is 1. The molecule has 0 atom stereocenters. The van der Waals surface area contributed by atoms with Gasteiger partial charge in [0, 0.05) is 12.2 Å².